The third-order valence-corrected chi connectivity index (χ3v) is 5.10. The molecule has 0 bridgehead atoms. The van der Waals surface area contributed by atoms with Crippen molar-refractivity contribution in [3.63, 3.8) is 0 Å². The maximum Gasteiger partial charge on any atom is 0.301 e. The molecule has 1 aromatic heterocycles. The van der Waals surface area contributed by atoms with Crippen LogP contribution in [0.5, 0.6) is 5.75 Å². The number of anilines is 1. The molecular weight excluding hydrogens is 380 g/mol. The first-order valence-corrected chi connectivity index (χ1v) is 9.44. The van der Waals surface area contributed by atoms with Crippen molar-refractivity contribution in [2.75, 3.05) is 12.0 Å². The summed E-state index contributed by atoms with van der Waals surface area (Å²) in [6, 6.07) is 18.5. The summed E-state index contributed by atoms with van der Waals surface area (Å²) in [6.45, 7) is 1.93. The van der Waals surface area contributed by atoms with E-state index in [0.717, 1.165) is 5.56 Å². The molecule has 4 rings (SSSR count). The van der Waals surface area contributed by atoms with Gasteiger partial charge in [-0.15, -0.1) is 0 Å². The predicted molar refractivity (Wildman–Crippen MR) is 113 cm³/mol. The zero-order valence-corrected chi connectivity index (χ0v) is 16.6. The molecule has 3 aromatic rings. The van der Waals surface area contributed by atoms with Crippen molar-refractivity contribution < 1.29 is 19.4 Å². The number of amides is 1. The molecule has 2 aromatic carbocycles. The van der Waals surface area contributed by atoms with Gasteiger partial charge in [-0.2, -0.15) is 0 Å². The average Bonchev–Trinajstić information content (AvgIpc) is 3.05. The fourth-order valence-electron chi connectivity index (χ4n) is 3.53. The highest BCUT2D eigenvalue weighted by Gasteiger charge is 2.47. The summed E-state index contributed by atoms with van der Waals surface area (Å²) in [5, 5.41) is 11.0. The molecule has 1 N–H and O–H groups in total. The molecule has 0 aliphatic carbocycles. The van der Waals surface area contributed by atoms with Gasteiger partial charge >= 0.3 is 5.91 Å². The maximum atomic E-state index is 13.0. The number of carbonyl (C=O) groups excluding carboxylic acids is 2. The number of ketones is 1. The van der Waals surface area contributed by atoms with Gasteiger partial charge < -0.3 is 9.84 Å². The number of nitrogens with zero attached hydrogens (tertiary/aromatic N) is 2. The number of carbonyl (C=O) groups is 2. The van der Waals surface area contributed by atoms with Crippen LogP contribution in [0.1, 0.15) is 22.7 Å². The van der Waals surface area contributed by atoms with E-state index in [-0.39, 0.29) is 11.3 Å². The lowest BCUT2D eigenvalue weighted by atomic mass is 9.95. The number of benzene rings is 2. The SMILES string of the molecule is COc1ccc(C2/C(=C(\O)c3ccc(C)cc3)C(=O)C(=O)N2c2ccccn2)cc1. The summed E-state index contributed by atoms with van der Waals surface area (Å²) >= 11 is 0. The molecule has 0 radical (unpaired) electrons. The monoisotopic (exact) mass is 400 g/mol. The number of pyridine rings is 1. The summed E-state index contributed by atoms with van der Waals surface area (Å²) in [4.78, 5) is 31.6. The van der Waals surface area contributed by atoms with E-state index >= 15 is 0 Å². The van der Waals surface area contributed by atoms with Crippen LogP contribution in [0.25, 0.3) is 5.76 Å². The smallest absolute Gasteiger partial charge is 0.301 e. The Balaban J connectivity index is 1.92. The molecule has 6 heteroatoms. The molecule has 30 heavy (non-hydrogen) atoms. The number of aromatic nitrogens is 1. The zero-order chi connectivity index (χ0) is 21.3. The predicted octanol–water partition coefficient (Wildman–Crippen LogP) is 4.02. The lowest BCUT2D eigenvalue weighted by Gasteiger charge is -2.24. The summed E-state index contributed by atoms with van der Waals surface area (Å²) < 4.78 is 5.22. The van der Waals surface area contributed by atoms with Crippen LogP contribution >= 0.6 is 0 Å². The third-order valence-electron chi connectivity index (χ3n) is 5.10. The van der Waals surface area contributed by atoms with Crippen molar-refractivity contribution in [1.82, 2.24) is 4.98 Å². The van der Waals surface area contributed by atoms with Gasteiger partial charge in [0.2, 0.25) is 0 Å². The third kappa shape index (κ3) is 3.33. The molecule has 1 amide bonds. The molecule has 1 unspecified atom stereocenters. The van der Waals surface area contributed by atoms with E-state index in [0.29, 0.717) is 22.7 Å². The lowest BCUT2D eigenvalue weighted by Crippen LogP contribution is -2.30. The van der Waals surface area contributed by atoms with Crippen LogP contribution in [0.3, 0.4) is 0 Å². The van der Waals surface area contributed by atoms with E-state index in [1.165, 1.54) is 4.90 Å². The molecule has 1 aliphatic rings. The van der Waals surface area contributed by atoms with E-state index in [1.807, 2.05) is 19.1 Å². The van der Waals surface area contributed by atoms with Crippen LogP contribution in [0, 0.1) is 6.92 Å². The van der Waals surface area contributed by atoms with Crippen LogP contribution in [0.15, 0.2) is 78.5 Å². The Labute approximate surface area is 174 Å². The Morgan fingerprint density at radius 3 is 2.30 bits per heavy atom. The molecule has 1 aliphatic heterocycles. The van der Waals surface area contributed by atoms with Crippen molar-refractivity contribution in [2.24, 2.45) is 0 Å². The van der Waals surface area contributed by atoms with Gasteiger partial charge in [-0.3, -0.25) is 14.5 Å². The Hall–Kier alpha value is -3.93. The largest absolute Gasteiger partial charge is 0.507 e. The van der Waals surface area contributed by atoms with Crippen LogP contribution in [0.4, 0.5) is 5.82 Å². The minimum absolute atomic E-state index is 0.0275. The minimum Gasteiger partial charge on any atom is -0.507 e. The first-order valence-electron chi connectivity index (χ1n) is 9.44. The van der Waals surface area contributed by atoms with E-state index in [2.05, 4.69) is 4.98 Å². The van der Waals surface area contributed by atoms with Crippen LogP contribution < -0.4 is 9.64 Å². The highest BCUT2D eigenvalue weighted by atomic mass is 16.5. The Morgan fingerprint density at radius 2 is 1.70 bits per heavy atom. The number of aryl methyl sites for hydroxylation is 1. The summed E-state index contributed by atoms with van der Waals surface area (Å²) in [5.74, 6) is -0.717. The highest BCUT2D eigenvalue weighted by Crippen LogP contribution is 2.41. The zero-order valence-electron chi connectivity index (χ0n) is 16.6. The maximum absolute atomic E-state index is 13.0. The molecule has 0 spiro atoms. The molecular formula is C24H20N2O4. The Kier molecular flexibility index (Phi) is 5.06. The van der Waals surface area contributed by atoms with Gasteiger partial charge in [-0.25, -0.2) is 4.98 Å². The Morgan fingerprint density at radius 1 is 1.00 bits per heavy atom. The van der Waals surface area contributed by atoms with Crippen molar-refractivity contribution >= 4 is 23.3 Å². The molecule has 6 nitrogen and oxygen atoms in total. The van der Waals surface area contributed by atoms with Crippen LogP contribution in [0.2, 0.25) is 0 Å². The van der Waals surface area contributed by atoms with Gasteiger partial charge in [0.25, 0.3) is 5.78 Å². The molecule has 1 fully saturated rings. The van der Waals surface area contributed by atoms with Crippen molar-refractivity contribution in [1.29, 1.82) is 0 Å². The second-order valence-corrected chi connectivity index (χ2v) is 7.00. The van der Waals surface area contributed by atoms with Crippen LogP contribution in [-0.2, 0) is 9.59 Å². The number of Topliss-reactive ketones (excluding diaryl/α,β-unsaturated/α-hetero) is 1. The fraction of sp³-hybridized carbons (Fsp3) is 0.125. The van der Waals surface area contributed by atoms with E-state index in [9.17, 15) is 14.7 Å². The van der Waals surface area contributed by atoms with Gasteiger partial charge in [-0.1, -0.05) is 48.0 Å². The molecule has 2 heterocycles. The van der Waals surface area contributed by atoms with Crippen molar-refractivity contribution in [3.8, 4) is 5.75 Å². The minimum atomic E-state index is -0.813. The number of rotatable bonds is 4. The van der Waals surface area contributed by atoms with Gasteiger partial charge in [0.1, 0.15) is 17.3 Å². The van der Waals surface area contributed by atoms with Crippen molar-refractivity contribution in [2.45, 2.75) is 13.0 Å². The Bertz CT molecular complexity index is 1120. The quantitative estimate of drug-likeness (QED) is 0.406. The van der Waals surface area contributed by atoms with Gasteiger partial charge in [-0.05, 0) is 36.8 Å². The number of aliphatic hydroxyl groups excluding tert-OH is 1. The second-order valence-electron chi connectivity index (χ2n) is 7.00. The molecule has 150 valence electrons. The van der Waals surface area contributed by atoms with Crippen molar-refractivity contribution in [3.05, 3.63) is 95.2 Å². The van der Waals surface area contributed by atoms with E-state index < -0.39 is 17.7 Å². The number of ether oxygens (including phenoxy) is 1. The number of methoxy groups -OCH3 is 1. The summed E-state index contributed by atoms with van der Waals surface area (Å²) in [5.41, 5.74) is 2.18. The highest BCUT2D eigenvalue weighted by molar-refractivity contribution is 6.51. The lowest BCUT2D eigenvalue weighted by molar-refractivity contribution is -0.132. The molecule has 1 saturated heterocycles. The van der Waals surface area contributed by atoms with Gasteiger partial charge in [0.15, 0.2) is 0 Å². The second kappa shape index (κ2) is 7.83. The molecule has 0 saturated carbocycles. The number of aliphatic hydroxyl groups is 1. The van der Waals surface area contributed by atoms with Crippen LogP contribution in [-0.4, -0.2) is 28.9 Å². The molecule has 1 atom stereocenters. The topological polar surface area (TPSA) is 79.7 Å². The summed E-state index contributed by atoms with van der Waals surface area (Å²) in [6.07, 6.45) is 1.56. The van der Waals surface area contributed by atoms with E-state index in [1.54, 1.807) is 67.9 Å². The summed E-state index contributed by atoms with van der Waals surface area (Å²) in [7, 11) is 1.56. The standard InChI is InChI=1S/C24H20N2O4/c1-15-6-8-17(9-7-15)22(27)20-21(16-10-12-18(30-2)13-11-16)26(24(29)23(20)28)19-5-3-4-14-25-19/h3-14,21,27H,1-2H3/b22-20+. The fourth-order valence-corrected chi connectivity index (χ4v) is 3.53. The number of hydrogen-bond acceptors (Lipinski definition) is 5. The average molecular weight is 400 g/mol. The van der Waals surface area contributed by atoms with Gasteiger partial charge in [0.05, 0.1) is 18.7 Å². The number of hydrogen-bond donors (Lipinski definition) is 1. The van der Waals surface area contributed by atoms with Gasteiger partial charge in [0, 0.05) is 11.8 Å². The first-order chi connectivity index (χ1) is 14.5. The van der Waals surface area contributed by atoms with E-state index in [4.69, 9.17) is 4.74 Å². The first kappa shape index (κ1) is 19.4. The normalized spacial score (nSPS) is 17.9.